The van der Waals surface area contributed by atoms with Crippen LogP contribution in [0.15, 0.2) is 11.2 Å². The van der Waals surface area contributed by atoms with Crippen LogP contribution in [0.5, 0.6) is 0 Å². The van der Waals surface area contributed by atoms with E-state index >= 15 is 0 Å². The molecule has 0 aliphatic carbocycles. The topological polar surface area (TPSA) is 115 Å². The SMILES string of the molecule is CC(C)CN1C[C@H](CCCCNC(=O)OC(C)(C)C)N=C(SCCC(N)=O)c2nn(CC(C)C)cc21. The normalized spacial score (nSPS) is 16.1. The summed E-state index contributed by atoms with van der Waals surface area (Å²) < 4.78 is 7.33. The molecule has 204 valence electrons. The Kier molecular flexibility index (Phi) is 11.6. The minimum Gasteiger partial charge on any atom is -0.444 e. The molecule has 2 heterocycles. The third kappa shape index (κ3) is 10.8. The zero-order valence-electron chi connectivity index (χ0n) is 23.2. The van der Waals surface area contributed by atoms with Crippen molar-refractivity contribution in [1.29, 1.82) is 0 Å². The highest BCUT2D eigenvalue weighted by molar-refractivity contribution is 8.14. The number of fused-ring (bicyclic) bond motifs is 1. The highest BCUT2D eigenvalue weighted by Crippen LogP contribution is 2.31. The summed E-state index contributed by atoms with van der Waals surface area (Å²) in [5, 5.41) is 8.65. The number of primary amides is 1. The van der Waals surface area contributed by atoms with Crippen molar-refractivity contribution in [2.45, 2.75) is 92.3 Å². The Labute approximate surface area is 221 Å². The Hall–Kier alpha value is -2.23. The van der Waals surface area contributed by atoms with E-state index in [1.165, 1.54) is 0 Å². The van der Waals surface area contributed by atoms with Gasteiger partial charge in [-0.15, -0.1) is 11.8 Å². The first-order chi connectivity index (χ1) is 16.8. The molecule has 9 nitrogen and oxygen atoms in total. The highest BCUT2D eigenvalue weighted by Gasteiger charge is 2.28. The highest BCUT2D eigenvalue weighted by atomic mass is 32.2. The molecule has 10 heteroatoms. The molecule has 36 heavy (non-hydrogen) atoms. The van der Waals surface area contributed by atoms with Crippen LogP contribution in [0.25, 0.3) is 0 Å². The van der Waals surface area contributed by atoms with Crippen molar-refractivity contribution in [3.63, 3.8) is 0 Å². The minimum atomic E-state index is -0.498. The summed E-state index contributed by atoms with van der Waals surface area (Å²) in [5.41, 5.74) is 6.91. The number of carbonyl (C=O) groups is 2. The van der Waals surface area contributed by atoms with Gasteiger partial charge in [-0.25, -0.2) is 4.79 Å². The van der Waals surface area contributed by atoms with Gasteiger partial charge in [0.25, 0.3) is 0 Å². The molecular formula is C26H46N6O3S. The monoisotopic (exact) mass is 522 g/mol. The number of hydrogen-bond donors (Lipinski definition) is 2. The molecule has 1 aromatic rings. The average molecular weight is 523 g/mol. The van der Waals surface area contributed by atoms with E-state index in [0.717, 1.165) is 55.3 Å². The summed E-state index contributed by atoms with van der Waals surface area (Å²) in [5.74, 6) is 1.25. The first-order valence-corrected chi connectivity index (χ1v) is 14.1. The van der Waals surface area contributed by atoms with E-state index in [9.17, 15) is 9.59 Å². The zero-order chi connectivity index (χ0) is 26.9. The number of aliphatic imine (C=N–C) groups is 1. The van der Waals surface area contributed by atoms with Gasteiger partial charge < -0.3 is 20.7 Å². The lowest BCUT2D eigenvalue weighted by Gasteiger charge is -2.27. The molecule has 0 unspecified atom stereocenters. The number of unbranched alkanes of at least 4 members (excludes halogenated alkanes) is 1. The fourth-order valence-electron chi connectivity index (χ4n) is 4.02. The largest absolute Gasteiger partial charge is 0.444 e. The molecule has 2 amide bonds. The quantitative estimate of drug-likeness (QED) is 0.392. The van der Waals surface area contributed by atoms with Gasteiger partial charge in [-0.1, -0.05) is 27.7 Å². The number of nitrogens with two attached hydrogens (primary N) is 1. The van der Waals surface area contributed by atoms with Crippen molar-refractivity contribution in [3.8, 4) is 0 Å². The number of nitrogens with zero attached hydrogens (tertiary/aromatic N) is 4. The van der Waals surface area contributed by atoms with Gasteiger partial charge in [-0.3, -0.25) is 14.5 Å². The summed E-state index contributed by atoms with van der Waals surface area (Å²) >= 11 is 1.56. The van der Waals surface area contributed by atoms with Gasteiger partial charge in [0.05, 0.1) is 11.7 Å². The van der Waals surface area contributed by atoms with E-state index in [1.807, 2.05) is 25.5 Å². The van der Waals surface area contributed by atoms with Crippen molar-refractivity contribution in [3.05, 3.63) is 11.9 Å². The standard InChI is InChI=1S/C26H46N6O3S/c1-18(2)14-31-16-20(10-8-9-12-28-25(34)35-26(5,6)7)29-24(36-13-11-22(27)33)23-21(31)17-32(30-23)15-19(3)4/h17-20H,8-16H2,1-7H3,(H2,27,33)(H,28,34)/t20-/m0/s1. The Bertz CT molecular complexity index is 891. The van der Waals surface area contributed by atoms with Crippen LogP contribution in [0.4, 0.5) is 10.5 Å². The predicted octanol–water partition coefficient (Wildman–Crippen LogP) is 4.43. The average Bonchev–Trinajstić information content (AvgIpc) is 3.07. The van der Waals surface area contributed by atoms with Gasteiger partial charge >= 0.3 is 6.09 Å². The Morgan fingerprint density at radius 1 is 1.19 bits per heavy atom. The summed E-state index contributed by atoms with van der Waals surface area (Å²) in [6.07, 6.45) is 4.77. The van der Waals surface area contributed by atoms with Crippen molar-refractivity contribution >= 4 is 34.5 Å². The van der Waals surface area contributed by atoms with E-state index in [-0.39, 0.29) is 18.0 Å². The maximum absolute atomic E-state index is 11.9. The lowest BCUT2D eigenvalue weighted by atomic mass is 10.1. The summed E-state index contributed by atoms with van der Waals surface area (Å²) in [4.78, 5) is 30.8. The van der Waals surface area contributed by atoms with E-state index in [1.54, 1.807) is 11.8 Å². The van der Waals surface area contributed by atoms with E-state index in [4.69, 9.17) is 20.6 Å². The molecule has 0 bridgehead atoms. The molecule has 1 atom stereocenters. The predicted molar refractivity (Wildman–Crippen MR) is 149 cm³/mol. The second kappa shape index (κ2) is 13.9. The number of ether oxygens (including phenoxy) is 1. The fourth-order valence-corrected chi connectivity index (χ4v) is 5.02. The maximum atomic E-state index is 11.9. The molecule has 1 aromatic heterocycles. The third-order valence-electron chi connectivity index (χ3n) is 5.37. The second-order valence-corrected chi connectivity index (χ2v) is 12.4. The second-order valence-electron chi connectivity index (χ2n) is 11.4. The summed E-state index contributed by atoms with van der Waals surface area (Å²) in [6, 6.07) is 0.106. The van der Waals surface area contributed by atoms with Crippen LogP contribution in [0.1, 0.15) is 79.8 Å². The number of anilines is 1. The fraction of sp³-hybridized carbons (Fsp3) is 0.769. The van der Waals surface area contributed by atoms with Crippen molar-refractivity contribution in [2.24, 2.45) is 22.6 Å². The number of carbonyl (C=O) groups excluding carboxylic acids is 2. The molecule has 0 aromatic carbocycles. The summed E-state index contributed by atoms with van der Waals surface area (Å²) in [6.45, 7) is 17.5. The van der Waals surface area contributed by atoms with E-state index in [2.05, 4.69) is 44.1 Å². The van der Waals surface area contributed by atoms with Crippen LogP contribution in [0.3, 0.4) is 0 Å². The molecule has 0 spiro atoms. The molecule has 3 N–H and O–H groups in total. The van der Waals surface area contributed by atoms with Crippen LogP contribution in [-0.2, 0) is 16.1 Å². The van der Waals surface area contributed by atoms with Gasteiger partial charge in [-0.05, 0) is 51.9 Å². The smallest absolute Gasteiger partial charge is 0.407 e. The lowest BCUT2D eigenvalue weighted by Crippen LogP contribution is -2.34. The number of aromatic nitrogens is 2. The van der Waals surface area contributed by atoms with Crippen LogP contribution >= 0.6 is 11.8 Å². The van der Waals surface area contributed by atoms with Crippen LogP contribution in [0.2, 0.25) is 0 Å². The van der Waals surface area contributed by atoms with Gasteiger partial charge in [-0.2, -0.15) is 5.10 Å². The van der Waals surface area contributed by atoms with Gasteiger partial charge in [0.1, 0.15) is 16.3 Å². The number of thioether (sulfide) groups is 1. The Morgan fingerprint density at radius 3 is 2.50 bits per heavy atom. The molecule has 2 rings (SSSR count). The van der Waals surface area contributed by atoms with Crippen molar-refractivity contribution in [2.75, 3.05) is 30.3 Å². The van der Waals surface area contributed by atoms with E-state index < -0.39 is 5.60 Å². The maximum Gasteiger partial charge on any atom is 0.407 e. The number of amides is 2. The van der Waals surface area contributed by atoms with Crippen LogP contribution in [-0.4, -0.2) is 63.9 Å². The van der Waals surface area contributed by atoms with Crippen molar-refractivity contribution < 1.29 is 14.3 Å². The van der Waals surface area contributed by atoms with Gasteiger partial charge in [0.2, 0.25) is 5.91 Å². The van der Waals surface area contributed by atoms with Crippen LogP contribution in [0, 0.1) is 11.8 Å². The third-order valence-corrected chi connectivity index (χ3v) is 6.35. The first-order valence-electron chi connectivity index (χ1n) is 13.1. The number of alkyl carbamates (subject to hydrolysis) is 1. The first kappa shape index (κ1) is 30.0. The molecule has 0 fully saturated rings. The number of nitrogens with one attached hydrogen (secondary N) is 1. The van der Waals surface area contributed by atoms with Gasteiger partial charge in [0, 0.05) is 44.5 Å². The molecule has 1 aliphatic rings. The van der Waals surface area contributed by atoms with Gasteiger partial charge in [0.15, 0.2) is 0 Å². The van der Waals surface area contributed by atoms with Crippen molar-refractivity contribution in [1.82, 2.24) is 15.1 Å². The molecular weight excluding hydrogens is 476 g/mol. The molecule has 0 saturated heterocycles. The molecule has 0 saturated carbocycles. The lowest BCUT2D eigenvalue weighted by molar-refractivity contribution is -0.117. The summed E-state index contributed by atoms with van der Waals surface area (Å²) in [7, 11) is 0. The molecule has 1 aliphatic heterocycles. The molecule has 0 radical (unpaired) electrons. The minimum absolute atomic E-state index is 0.106. The van der Waals surface area contributed by atoms with Crippen LogP contribution < -0.4 is 16.0 Å². The number of hydrogen-bond acceptors (Lipinski definition) is 7. The zero-order valence-corrected chi connectivity index (χ0v) is 24.0. The Morgan fingerprint density at radius 2 is 1.89 bits per heavy atom. The number of rotatable bonds is 12. The van der Waals surface area contributed by atoms with E-state index in [0.29, 0.717) is 30.6 Å². The Balaban J connectivity index is 2.14.